The van der Waals surface area contributed by atoms with Gasteiger partial charge >= 0.3 is 0 Å². The van der Waals surface area contributed by atoms with E-state index in [2.05, 4.69) is 15.5 Å². The van der Waals surface area contributed by atoms with Gasteiger partial charge in [-0.05, 0) is 71.5 Å². The molecule has 3 aromatic rings. The molecule has 3 aromatic carbocycles. The highest BCUT2D eigenvalue weighted by Crippen LogP contribution is 2.44. The number of nitrogens with zero attached hydrogens (tertiary/aromatic N) is 5. The van der Waals surface area contributed by atoms with Crippen molar-refractivity contribution >= 4 is 11.8 Å². The number of piperidine rings is 1. The predicted molar refractivity (Wildman–Crippen MR) is 166 cm³/mol. The zero-order chi connectivity index (χ0) is 30.8. The van der Waals surface area contributed by atoms with Crippen LogP contribution < -0.4 is 14.9 Å². The fraction of sp³-hybridized carbons (Fsp3) is 0.394. The maximum absolute atomic E-state index is 14.6. The number of carbonyl (C=O) groups is 1. The first-order chi connectivity index (χ1) is 21.6. The second-order valence-electron chi connectivity index (χ2n) is 10.9. The summed E-state index contributed by atoms with van der Waals surface area (Å²) in [7, 11) is 1.60. The third-order valence-corrected chi connectivity index (χ3v) is 7.92. The minimum absolute atomic E-state index is 0.0575. The second-order valence-corrected chi connectivity index (χ2v) is 10.9. The van der Waals surface area contributed by atoms with Crippen LogP contribution in [-0.2, 0) is 22.5 Å². The van der Waals surface area contributed by atoms with Crippen LogP contribution in [0.15, 0.2) is 82.9 Å². The highest BCUT2D eigenvalue weighted by atomic mass is 16.5. The molecule has 1 amide bonds. The third-order valence-electron chi connectivity index (χ3n) is 7.92. The highest BCUT2D eigenvalue weighted by Gasteiger charge is 2.54. The van der Waals surface area contributed by atoms with Crippen LogP contribution in [0.25, 0.3) is 10.4 Å². The summed E-state index contributed by atoms with van der Waals surface area (Å²) in [4.78, 5) is 22.7. The number of hydrazine groups is 1. The summed E-state index contributed by atoms with van der Waals surface area (Å²) in [6.45, 7) is 2.13. The van der Waals surface area contributed by atoms with Crippen molar-refractivity contribution in [2.24, 2.45) is 10.1 Å². The van der Waals surface area contributed by atoms with E-state index >= 15 is 0 Å². The van der Waals surface area contributed by atoms with Gasteiger partial charge in [-0.25, -0.2) is 10.0 Å². The van der Waals surface area contributed by atoms with Gasteiger partial charge in [0, 0.05) is 43.0 Å². The molecular formula is C33H38N6O5. The van der Waals surface area contributed by atoms with Crippen LogP contribution in [0.5, 0.6) is 11.5 Å². The topological polar surface area (TPSA) is 141 Å². The number of nitrogens with one attached hydrogen (secondary N) is 1. The van der Waals surface area contributed by atoms with Gasteiger partial charge in [-0.2, -0.15) is 0 Å². The Morgan fingerprint density at radius 3 is 2.59 bits per heavy atom. The van der Waals surface area contributed by atoms with Gasteiger partial charge in [0.2, 0.25) is 5.90 Å². The highest BCUT2D eigenvalue weighted by molar-refractivity contribution is 6.01. The fourth-order valence-electron chi connectivity index (χ4n) is 5.62. The van der Waals surface area contributed by atoms with Crippen LogP contribution in [0.4, 0.5) is 0 Å². The third kappa shape index (κ3) is 7.14. The molecule has 0 spiro atoms. The normalized spacial score (nSPS) is 19.8. The van der Waals surface area contributed by atoms with Crippen LogP contribution in [0.3, 0.4) is 0 Å². The molecule has 2 heterocycles. The molecule has 0 saturated carbocycles. The summed E-state index contributed by atoms with van der Waals surface area (Å²) in [6, 6.07) is 22.5. The minimum Gasteiger partial charge on any atom is -0.497 e. The van der Waals surface area contributed by atoms with E-state index in [0.29, 0.717) is 36.0 Å². The molecule has 44 heavy (non-hydrogen) atoms. The Balaban J connectivity index is 1.60. The summed E-state index contributed by atoms with van der Waals surface area (Å²) in [6.07, 6.45) is 3.08. The number of ether oxygens (including phenoxy) is 3. The average Bonchev–Trinajstić information content (AvgIpc) is 3.46. The second kappa shape index (κ2) is 14.7. The summed E-state index contributed by atoms with van der Waals surface area (Å²) in [5, 5.41) is 14.8. The van der Waals surface area contributed by atoms with Crippen LogP contribution in [0, 0.1) is 0 Å². The number of benzene rings is 3. The standard InChI is InChI=1S/C33H38N6O5/c1-42-29-12-7-11-25(21-29)30-33(32(41)37-39-17-5-2-6-18-39,22-26-9-3-4-10-27(26)23-35-38-34)36-31(44-30)24-13-15-28(16-14-24)43-20-8-19-40/h3-4,7,9-16,21,30,40H,2,5-6,8,17-20,22-23H2,1H3,(H,37,41)/t30-,33-/m0/s1. The predicted octanol–water partition coefficient (Wildman–Crippen LogP) is 5.28. The quantitative estimate of drug-likeness (QED) is 0.119. The molecule has 11 heteroatoms. The van der Waals surface area contributed by atoms with Crippen molar-refractivity contribution in [3.63, 3.8) is 0 Å². The van der Waals surface area contributed by atoms with Crippen molar-refractivity contribution in [2.75, 3.05) is 33.4 Å². The number of aliphatic imine (C=N–C) groups is 1. The number of rotatable bonds is 13. The first-order valence-corrected chi connectivity index (χ1v) is 14.9. The first kappa shape index (κ1) is 30.9. The Bertz CT molecular complexity index is 1500. The van der Waals surface area contributed by atoms with E-state index in [0.717, 1.165) is 49.0 Å². The SMILES string of the molecule is COc1cccc([C@@H]2OC(c3ccc(OCCCO)cc3)=N[C@]2(Cc2ccccc2CN=[N+]=[N-])C(=O)NN2CCCCC2)c1. The Morgan fingerprint density at radius 1 is 1.09 bits per heavy atom. The van der Waals surface area contributed by atoms with Crippen LogP contribution in [-0.4, -0.2) is 60.9 Å². The zero-order valence-corrected chi connectivity index (χ0v) is 24.9. The summed E-state index contributed by atoms with van der Waals surface area (Å²) >= 11 is 0. The van der Waals surface area contributed by atoms with Crippen molar-refractivity contribution in [3.8, 4) is 11.5 Å². The Morgan fingerprint density at radius 2 is 1.86 bits per heavy atom. The van der Waals surface area contributed by atoms with Crippen LogP contribution in [0.2, 0.25) is 0 Å². The molecule has 5 rings (SSSR count). The van der Waals surface area contributed by atoms with Crippen molar-refractivity contribution < 1.29 is 24.1 Å². The van der Waals surface area contributed by atoms with Crippen molar-refractivity contribution in [1.82, 2.24) is 10.4 Å². The maximum Gasteiger partial charge on any atom is 0.266 e. The van der Waals surface area contributed by atoms with Crippen molar-refractivity contribution in [3.05, 3.63) is 105 Å². The smallest absolute Gasteiger partial charge is 0.266 e. The molecule has 0 bridgehead atoms. The summed E-state index contributed by atoms with van der Waals surface area (Å²) in [5.41, 5.74) is 13.9. The van der Waals surface area contributed by atoms with Gasteiger partial charge in [-0.1, -0.05) is 47.9 Å². The van der Waals surface area contributed by atoms with E-state index in [1.807, 2.05) is 77.8 Å². The van der Waals surface area contributed by atoms with Gasteiger partial charge in [0.1, 0.15) is 11.5 Å². The minimum atomic E-state index is -1.40. The number of hydrogen-bond donors (Lipinski definition) is 2. The van der Waals surface area contributed by atoms with Gasteiger partial charge in [0.05, 0.1) is 20.3 Å². The molecule has 0 unspecified atom stereocenters. The van der Waals surface area contributed by atoms with E-state index in [4.69, 9.17) is 29.8 Å². The lowest BCUT2D eigenvalue weighted by Crippen LogP contribution is -2.56. The monoisotopic (exact) mass is 598 g/mol. The van der Waals surface area contributed by atoms with Gasteiger partial charge in [-0.3, -0.25) is 10.2 Å². The lowest BCUT2D eigenvalue weighted by atomic mass is 9.81. The van der Waals surface area contributed by atoms with Gasteiger partial charge in [-0.15, -0.1) is 0 Å². The van der Waals surface area contributed by atoms with Crippen LogP contribution in [0.1, 0.15) is 54.0 Å². The molecule has 230 valence electrons. The molecular weight excluding hydrogens is 560 g/mol. The molecule has 2 aliphatic rings. The molecule has 2 atom stereocenters. The van der Waals surface area contributed by atoms with Crippen LogP contribution >= 0.6 is 0 Å². The van der Waals surface area contributed by atoms with Crippen molar-refractivity contribution in [1.29, 1.82) is 0 Å². The maximum atomic E-state index is 14.6. The van der Waals surface area contributed by atoms with E-state index in [-0.39, 0.29) is 25.5 Å². The molecule has 1 saturated heterocycles. The molecule has 0 radical (unpaired) electrons. The number of azide groups is 1. The molecule has 0 aliphatic carbocycles. The summed E-state index contributed by atoms with van der Waals surface area (Å²) in [5.74, 6) is 1.36. The molecule has 2 aliphatic heterocycles. The van der Waals surface area contributed by atoms with Gasteiger partial charge < -0.3 is 19.3 Å². The lowest BCUT2D eigenvalue weighted by molar-refractivity contribution is -0.134. The van der Waals surface area contributed by atoms with Crippen molar-refractivity contribution in [2.45, 2.75) is 50.3 Å². The van der Waals surface area contributed by atoms with E-state index in [1.54, 1.807) is 7.11 Å². The molecule has 2 N–H and O–H groups in total. The molecule has 11 nitrogen and oxygen atoms in total. The number of methoxy groups -OCH3 is 1. The Hall–Kier alpha value is -4.57. The van der Waals surface area contributed by atoms with E-state index in [9.17, 15) is 4.79 Å². The first-order valence-electron chi connectivity index (χ1n) is 14.9. The Kier molecular flexibility index (Phi) is 10.3. The number of carbonyl (C=O) groups excluding carboxylic acids is 1. The molecule has 1 fully saturated rings. The number of aliphatic hydroxyl groups is 1. The molecule has 0 aromatic heterocycles. The number of aliphatic hydroxyl groups excluding tert-OH is 1. The van der Waals surface area contributed by atoms with Gasteiger partial charge in [0.25, 0.3) is 5.91 Å². The largest absolute Gasteiger partial charge is 0.497 e. The summed E-state index contributed by atoms with van der Waals surface area (Å²) < 4.78 is 17.9. The van der Waals surface area contributed by atoms with Gasteiger partial charge in [0.15, 0.2) is 11.6 Å². The lowest BCUT2D eigenvalue weighted by Gasteiger charge is -2.35. The average molecular weight is 599 g/mol. The Labute approximate surface area is 257 Å². The van der Waals surface area contributed by atoms with E-state index in [1.165, 1.54) is 0 Å². The zero-order valence-electron chi connectivity index (χ0n) is 24.9. The van der Waals surface area contributed by atoms with E-state index < -0.39 is 11.6 Å². The number of hydrogen-bond acceptors (Lipinski definition) is 8. The number of amides is 1. The fourth-order valence-corrected chi connectivity index (χ4v) is 5.62.